The van der Waals surface area contributed by atoms with Gasteiger partial charge < -0.3 is 9.72 Å². The highest BCUT2D eigenvalue weighted by molar-refractivity contribution is 7.18. The summed E-state index contributed by atoms with van der Waals surface area (Å²) in [6.07, 6.45) is 4.20. The number of rotatable bonds is 4. The van der Waals surface area contributed by atoms with Crippen molar-refractivity contribution in [1.29, 1.82) is 0 Å². The van der Waals surface area contributed by atoms with E-state index in [2.05, 4.69) is 4.98 Å². The van der Waals surface area contributed by atoms with E-state index in [0.717, 1.165) is 41.6 Å². The maximum Gasteiger partial charge on any atom is 0.260 e. The van der Waals surface area contributed by atoms with Crippen LogP contribution >= 0.6 is 22.9 Å². The lowest BCUT2D eigenvalue weighted by atomic mass is 9.97. The molecule has 0 saturated carbocycles. The Morgan fingerprint density at radius 1 is 1.13 bits per heavy atom. The summed E-state index contributed by atoms with van der Waals surface area (Å²) in [5.41, 5.74) is 2.48. The highest BCUT2D eigenvalue weighted by Gasteiger charge is 2.21. The van der Waals surface area contributed by atoms with Gasteiger partial charge in [-0.2, -0.15) is 0 Å². The molecule has 0 radical (unpaired) electrons. The maximum atomic E-state index is 13.1. The number of hydrogen-bond acceptors (Lipinski definition) is 4. The van der Waals surface area contributed by atoms with Crippen LogP contribution in [0.3, 0.4) is 0 Å². The second kappa shape index (κ2) is 7.85. The molecule has 0 saturated heterocycles. The molecule has 0 unspecified atom stereocenters. The molecule has 1 aliphatic carbocycles. The Morgan fingerprint density at radius 3 is 2.77 bits per heavy atom. The molecule has 152 valence electrons. The maximum absolute atomic E-state index is 13.1. The van der Waals surface area contributed by atoms with Crippen molar-refractivity contribution in [3.05, 3.63) is 79.7 Å². The number of aromatic amines is 1. The summed E-state index contributed by atoms with van der Waals surface area (Å²) in [6.45, 7) is 0.259. The van der Waals surface area contributed by atoms with Crippen molar-refractivity contribution in [1.82, 2.24) is 9.97 Å². The van der Waals surface area contributed by atoms with Gasteiger partial charge in [0.15, 0.2) is 0 Å². The molecule has 1 aliphatic rings. The Kier molecular flexibility index (Phi) is 5.05. The molecule has 0 bridgehead atoms. The number of hydrogen-bond donors (Lipinski definition) is 1. The molecule has 5 rings (SSSR count). The average Bonchev–Trinajstić information content (AvgIpc) is 3.13. The van der Waals surface area contributed by atoms with Gasteiger partial charge in [0.25, 0.3) is 5.56 Å². The Hall–Kier alpha value is -2.70. The number of thiophene rings is 1. The predicted molar refractivity (Wildman–Crippen MR) is 118 cm³/mol. The molecule has 0 aliphatic heterocycles. The van der Waals surface area contributed by atoms with Crippen LogP contribution in [0, 0.1) is 5.82 Å². The molecule has 4 nitrogen and oxygen atoms in total. The second-order valence-electron chi connectivity index (χ2n) is 7.36. The van der Waals surface area contributed by atoms with Crippen LogP contribution in [-0.2, 0) is 19.4 Å². The third-order valence-corrected chi connectivity index (χ3v) is 6.75. The van der Waals surface area contributed by atoms with Crippen LogP contribution in [0.4, 0.5) is 4.39 Å². The first kappa shape index (κ1) is 19.3. The molecule has 2 aromatic carbocycles. The van der Waals surface area contributed by atoms with E-state index < -0.39 is 0 Å². The molecule has 30 heavy (non-hydrogen) atoms. The number of halogens is 2. The summed E-state index contributed by atoms with van der Waals surface area (Å²) in [4.78, 5) is 22.6. The minimum Gasteiger partial charge on any atom is -0.488 e. The standard InChI is InChI=1S/C23H18ClFN2O2S/c24-14-7-10-18(29-12-13-5-8-15(25)9-6-13)17(11-14)21-26-22(28)20-16-3-1-2-4-19(16)30-23(20)27-21/h5-11H,1-4,12H2,(H,26,27,28). The van der Waals surface area contributed by atoms with Crippen molar-refractivity contribution >= 4 is 33.2 Å². The summed E-state index contributed by atoms with van der Waals surface area (Å²) in [7, 11) is 0. The normalized spacial score (nSPS) is 13.4. The van der Waals surface area contributed by atoms with Gasteiger partial charge in [-0.25, -0.2) is 9.37 Å². The molecule has 0 fully saturated rings. The van der Waals surface area contributed by atoms with Gasteiger partial charge >= 0.3 is 0 Å². The first-order chi connectivity index (χ1) is 14.6. The lowest BCUT2D eigenvalue weighted by Gasteiger charge is -2.12. The summed E-state index contributed by atoms with van der Waals surface area (Å²) >= 11 is 7.83. The first-order valence-corrected chi connectivity index (χ1v) is 11.0. The fraction of sp³-hybridized carbons (Fsp3) is 0.217. The van der Waals surface area contributed by atoms with Gasteiger partial charge in [0, 0.05) is 9.90 Å². The molecule has 0 spiro atoms. The van der Waals surface area contributed by atoms with E-state index in [1.807, 2.05) is 0 Å². The average molecular weight is 441 g/mol. The van der Waals surface area contributed by atoms with Crippen LogP contribution in [-0.4, -0.2) is 9.97 Å². The van der Waals surface area contributed by atoms with Crippen molar-refractivity contribution in [2.75, 3.05) is 0 Å². The Bertz CT molecular complexity index is 1300. The van der Waals surface area contributed by atoms with Gasteiger partial charge in [-0.05, 0) is 67.1 Å². The number of fused-ring (bicyclic) bond motifs is 3. The summed E-state index contributed by atoms with van der Waals surface area (Å²) in [6, 6.07) is 11.4. The highest BCUT2D eigenvalue weighted by atomic mass is 35.5. The van der Waals surface area contributed by atoms with Crippen LogP contribution in [0.25, 0.3) is 21.6 Å². The number of ether oxygens (including phenoxy) is 1. The molecular formula is C23H18ClFN2O2S. The fourth-order valence-electron chi connectivity index (χ4n) is 3.85. The Morgan fingerprint density at radius 2 is 1.93 bits per heavy atom. The molecule has 2 heterocycles. The lowest BCUT2D eigenvalue weighted by Crippen LogP contribution is -2.11. The van der Waals surface area contributed by atoms with Gasteiger partial charge in [0.1, 0.15) is 28.8 Å². The van der Waals surface area contributed by atoms with Crippen molar-refractivity contribution in [3.63, 3.8) is 0 Å². The van der Waals surface area contributed by atoms with Gasteiger partial charge in [-0.15, -0.1) is 11.3 Å². The number of aryl methyl sites for hydroxylation is 2. The second-order valence-corrected chi connectivity index (χ2v) is 8.88. The van der Waals surface area contributed by atoms with Crippen LogP contribution in [0.5, 0.6) is 5.75 Å². The quantitative estimate of drug-likeness (QED) is 0.429. The largest absolute Gasteiger partial charge is 0.488 e. The number of nitrogens with zero attached hydrogens (tertiary/aromatic N) is 1. The smallest absolute Gasteiger partial charge is 0.260 e. The Balaban J connectivity index is 1.54. The molecule has 4 aromatic rings. The molecular weight excluding hydrogens is 423 g/mol. The van der Waals surface area contributed by atoms with Crippen LogP contribution in [0.15, 0.2) is 47.3 Å². The van der Waals surface area contributed by atoms with Crippen LogP contribution in [0.2, 0.25) is 5.02 Å². The third-order valence-electron chi connectivity index (χ3n) is 5.33. The summed E-state index contributed by atoms with van der Waals surface area (Å²) < 4.78 is 19.1. The summed E-state index contributed by atoms with van der Waals surface area (Å²) in [5, 5.41) is 1.24. The minimum absolute atomic E-state index is 0.126. The topological polar surface area (TPSA) is 55.0 Å². The van der Waals surface area contributed by atoms with E-state index in [1.165, 1.54) is 17.0 Å². The monoisotopic (exact) mass is 440 g/mol. The number of benzene rings is 2. The van der Waals surface area contributed by atoms with E-state index in [9.17, 15) is 9.18 Å². The zero-order valence-electron chi connectivity index (χ0n) is 16.0. The van der Waals surface area contributed by atoms with Crippen molar-refractivity contribution in [3.8, 4) is 17.1 Å². The van der Waals surface area contributed by atoms with Gasteiger partial charge in [0.2, 0.25) is 0 Å². The zero-order valence-corrected chi connectivity index (χ0v) is 17.6. The van der Waals surface area contributed by atoms with E-state index >= 15 is 0 Å². The zero-order chi connectivity index (χ0) is 20.7. The highest BCUT2D eigenvalue weighted by Crippen LogP contribution is 2.36. The SMILES string of the molecule is O=c1[nH]c(-c2cc(Cl)ccc2OCc2ccc(F)cc2)nc2sc3c(c12)CCCC3. The van der Waals surface area contributed by atoms with Crippen LogP contribution < -0.4 is 10.3 Å². The number of H-pyrrole nitrogens is 1. The van der Waals surface area contributed by atoms with E-state index in [4.69, 9.17) is 21.3 Å². The van der Waals surface area contributed by atoms with E-state index in [1.54, 1.807) is 41.7 Å². The molecule has 0 atom stereocenters. The molecule has 2 aromatic heterocycles. The molecule has 1 N–H and O–H groups in total. The van der Waals surface area contributed by atoms with E-state index in [0.29, 0.717) is 27.5 Å². The van der Waals surface area contributed by atoms with Gasteiger partial charge in [0.05, 0.1) is 10.9 Å². The third kappa shape index (κ3) is 3.61. The number of aromatic nitrogens is 2. The van der Waals surface area contributed by atoms with Crippen molar-refractivity contribution < 1.29 is 9.13 Å². The minimum atomic E-state index is -0.292. The lowest BCUT2D eigenvalue weighted by molar-refractivity contribution is 0.307. The summed E-state index contributed by atoms with van der Waals surface area (Å²) in [5.74, 6) is 0.690. The molecule has 0 amide bonds. The first-order valence-electron chi connectivity index (χ1n) is 9.80. The number of nitrogens with one attached hydrogen (secondary N) is 1. The van der Waals surface area contributed by atoms with Crippen LogP contribution in [0.1, 0.15) is 28.8 Å². The van der Waals surface area contributed by atoms with Crippen molar-refractivity contribution in [2.45, 2.75) is 32.3 Å². The van der Waals surface area contributed by atoms with Crippen molar-refractivity contribution in [2.24, 2.45) is 0 Å². The Labute approximate surface area is 181 Å². The molecule has 7 heteroatoms. The predicted octanol–water partition coefficient (Wildman–Crippen LogP) is 5.90. The van der Waals surface area contributed by atoms with Gasteiger partial charge in [-0.3, -0.25) is 4.79 Å². The van der Waals surface area contributed by atoms with Gasteiger partial charge in [-0.1, -0.05) is 23.7 Å². The fourth-order valence-corrected chi connectivity index (χ4v) is 5.28. The van der Waals surface area contributed by atoms with E-state index in [-0.39, 0.29) is 18.0 Å².